The number of pyridine rings is 1. The molecule has 0 saturated heterocycles. The van der Waals surface area contributed by atoms with Gasteiger partial charge in [-0.2, -0.15) is 0 Å². The van der Waals surface area contributed by atoms with Gasteiger partial charge in [-0.1, -0.05) is 43.3 Å². The van der Waals surface area contributed by atoms with Crippen LogP contribution in [0, 0.1) is 6.92 Å². The Kier molecular flexibility index (Phi) is 4.47. The van der Waals surface area contributed by atoms with E-state index in [0.717, 1.165) is 34.1 Å². The predicted octanol–water partition coefficient (Wildman–Crippen LogP) is 5.62. The first kappa shape index (κ1) is 17.0. The van der Waals surface area contributed by atoms with Crippen LogP contribution in [0.15, 0.2) is 71.3 Å². The smallest absolute Gasteiger partial charge is 0.256 e. The molecule has 0 unspecified atom stereocenters. The van der Waals surface area contributed by atoms with Crippen molar-refractivity contribution in [2.24, 2.45) is 0 Å². The number of anilines is 1. The minimum absolute atomic E-state index is 0.148. The lowest BCUT2D eigenvalue weighted by atomic mass is 10.0. The zero-order valence-electron chi connectivity index (χ0n) is 15.3. The number of carbonyl (C=O) groups is 1. The molecule has 1 amide bonds. The Balaban J connectivity index is 1.82. The van der Waals surface area contributed by atoms with Crippen molar-refractivity contribution in [3.05, 3.63) is 83.6 Å². The van der Waals surface area contributed by atoms with Crippen LogP contribution in [-0.4, -0.2) is 10.9 Å². The number of aryl methyl sites for hydroxylation is 2. The lowest BCUT2D eigenvalue weighted by Gasteiger charge is -2.14. The van der Waals surface area contributed by atoms with Gasteiger partial charge in [-0.15, -0.1) is 0 Å². The average Bonchev–Trinajstić information content (AvgIpc) is 3.23. The highest BCUT2D eigenvalue weighted by Gasteiger charge is 2.16. The molecule has 2 heterocycles. The number of benzene rings is 2. The van der Waals surface area contributed by atoms with Crippen LogP contribution in [0.25, 0.3) is 22.4 Å². The molecule has 27 heavy (non-hydrogen) atoms. The maximum atomic E-state index is 13.2. The molecule has 2 aromatic carbocycles. The highest BCUT2D eigenvalue weighted by atomic mass is 16.3. The quantitative estimate of drug-likeness (QED) is 0.516. The van der Waals surface area contributed by atoms with Crippen molar-refractivity contribution in [2.75, 3.05) is 5.32 Å². The Morgan fingerprint density at radius 3 is 2.70 bits per heavy atom. The first-order valence-corrected chi connectivity index (χ1v) is 9.01. The monoisotopic (exact) mass is 356 g/mol. The van der Waals surface area contributed by atoms with E-state index in [0.29, 0.717) is 17.0 Å². The van der Waals surface area contributed by atoms with Crippen LogP contribution in [0.1, 0.15) is 28.4 Å². The maximum absolute atomic E-state index is 13.2. The zero-order valence-corrected chi connectivity index (χ0v) is 15.3. The van der Waals surface area contributed by atoms with Crippen LogP contribution in [0.5, 0.6) is 0 Å². The van der Waals surface area contributed by atoms with Gasteiger partial charge in [0.05, 0.1) is 17.3 Å². The van der Waals surface area contributed by atoms with E-state index in [1.807, 2.05) is 61.5 Å². The summed E-state index contributed by atoms with van der Waals surface area (Å²) in [5.74, 6) is 0.491. The number of carbonyl (C=O) groups excluding carboxylic acids is 1. The van der Waals surface area contributed by atoms with Crippen molar-refractivity contribution in [2.45, 2.75) is 20.3 Å². The van der Waals surface area contributed by atoms with E-state index in [4.69, 9.17) is 4.42 Å². The van der Waals surface area contributed by atoms with Crippen molar-refractivity contribution in [3.63, 3.8) is 0 Å². The van der Waals surface area contributed by atoms with Crippen LogP contribution < -0.4 is 5.32 Å². The third-order valence-electron chi connectivity index (χ3n) is 4.71. The van der Waals surface area contributed by atoms with E-state index >= 15 is 0 Å². The highest BCUT2D eigenvalue weighted by Crippen LogP contribution is 2.27. The summed E-state index contributed by atoms with van der Waals surface area (Å²) in [6.07, 6.45) is 2.46. The number of amides is 1. The van der Waals surface area contributed by atoms with Crippen LogP contribution >= 0.6 is 0 Å². The molecule has 134 valence electrons. The molecule has 0 saturated carbocycles. The summed E-state index contributed by atoms with van der Waals surface area (Å²) in [6, 6.07) is 19.2. The number of fused-ring (bicyclic) bond motifs is 1. The van der Waals surface area contributed by atoms with Crippen molar-refractivity contribution in [1.29, 1.82) is 0 Å². The molecular formula is C23H20N2O2. The number of aromatic nitrogens is 1. The standard InChI is InChI=1S/C23H20N2O2/c1-3-16-9-6-8-15(2)22(16)25-23(26)18-14-20(21-12-7-13-27-21)24-19-11-5-4-10-17(18)19/h4-14H,3H2,1-2H3,(H,25,26). The van der Waals surface area contributed by atoms with Gasteiger partial charge < -0.3 is 9.73 Å². The maximum Gasteiger partial charge on any atom is 0.256 e. The summed E-state index contributed by atoms with van der Waals surface area (Å²) in [6.45, 7) is 4.09. The van der Waals surface area contributed by atoms with Crippen molar-refractivity contribution in [3.8, 4) is 11.5 Å². The molecule has 4 nitrogen and oxygen atoms in total. The summed E-state index contributed by atoms with van der Waals surface area (Å²) in [4.78, 5) is 17.8. The largest absolute Gasteiger partial charge is 0.463 e. The van der Waals surface area contributed by atoms with Gasteiger partial charge in [-0.3, -0.25) is 4.79 Å². The van der Waals surface area contributed by atoms with Crippen LogP contribution in [0.2, 0.25) is 0 Å². The third kappa shape index (κ3) is 3.22. The van der Waals surface area contributed by atoms with Crippen molar-refractivity contribution in [1.82, 2.24) is 4.98 Å². The minimum atomic E-state index is -0.148. The molecule has 4 aromatic rings. The summed E-state index contributed by atoms with van der Waals surface area (Å²) in [5.41, 5.74) is 5.03. The fourth-order valence-corrected chi connectivity index (χ4v) is 3.30. The SMILES string of the molecule is CCc1cccc(C)c1NC(=O)c1cc(-c2ccco2)nc2ccccc12. The molecule has 2 aromatic heterocycles. The molecule has 0 bridgehead atoms. The molecule has 0 atom stereocenters. The van der Waals surface area contributed by atoms with Crippen molar-refractivity contribution >= 4 is 22.5 Å². The molecule has 0 aliphatic carbocycles. The Labute approximate surface area is 157 Å². The van der Waals surface area contributed by atoms with Crippen LogP contribution in [-0.2, 0) is 6.42 Å². The number of hydrogen-bond donors (Lipinski definition) is 1. The second-order valence-corrected chi connectivity index (χ2v) is 6.47. The molecule has 4 heteroatoms. The lowest BCUT2D eigenvalue weighted by Crippen LogP contribution is -2.15. The zero-order chi connectivity index (χ0) is 18.8. The van der Waals surface area contributed by atoms with E-state index in [1.54, 1.807) is 12.3 Å². The van der Waals surface area contributed by atoms with E-state index in [1.165, 1.54) is 0 Å². The summed E-state index contributed by atoms with van der Waals surface area (Å²) in [7, 11) is 0. The summed E-state index contributed by atoms with van der Waals surface area (Å²) >= 11 is 0. The molecule has 4 rings (SSSR count). The average molecular weight is 356 g/mol. The number of rotatable bonds is 4. The van der Waals surface area contributed by atoms with Gasteiger partial charge in [0, 0.05) is 11.1 Å². The predicted molar refractivity (Wildman–Crippen MR) is 108 cm³/mol. The number of furan rings is 1. The fraction of sp³-hybridized carbons (Fsp3) is 0.130. The van der Waals surface area contributed by atoms with Gasteiger partial charge in [0.2, 0.25) is 0 Å². The summed E-state index contributed by atoms with van der Waals surface area (Å²) in [5, 5.41) is 3.93. The van der Waals surface area contributed by atoms with E-state index in [2.05, 4.69) is 17.2 Å². The number of hydrogen-bond acceptors (Lipinski definition) is 3. The van der Waals surface area contributed by atoms with Gasteiger partial charge in [0.15, 0.2) is 5.76 Å². The second-order valence-electron chi connectivity index (χ2n) is 6.47. The van der Waals surface area contributed by atoms with E-state index in [9.17, 15) is 4.79 Å². The molecule has 0 radical (unpaired) electrons. The van der Waals surface area contributed by atoms with Gasteiger partial charge >= 0.3 is 0 Å². The Morgan fingerprint density at radius 1 is 1.07 bits per heavy atom. The van der Waals surface area contributed by atoms with E-state index < -0.39 is 0 Å². The molecule has 0 aliphatic rings. The topological polar surface area (TPSA) is 55.1 Å². The highest BCUT2D eigenvalue weighted by molar-refractivity contribution is 6.13. The number of para-hydroxylation sites is 2. The first-order chi connectivity index (χ1) is 13.2. The minimum Gasteiger partial charge on any atom is -0.463 e. The molecule has 0 aliphatic heterocycles. The molecule has 1 N–H and O–H groups in total. The summed E-state index contributed by atoms with van der Waals surface area (Å²) < 4.78 is 5.48. The van der Waals surface area contributed by atoms with E-state index in [-0.39, 0.29) is 5.91 Å². The van der Waals surface area contributed by atoms with Gasteiger partial charge in [0.25, 0.3) is 5.91 Å². The van der Waals surface area contributed by atoms with Crippen LogP contribution in [0.4, 0.5) is 5.69 Å². The number of nitrogens with zero attached hydrogens (tertiary/aromatic N) is 1. The Morgan fingerprint density at radius 2 is 1.93 bits per heavy atom. The van der Waals surface area contributed by atoms with Gasteiger partial charge in [-0.25, -0.2) is 4.98 Å². The molecule has 0 fully saturated rings. The third-order valence-corrected chi connectivity index (χ3v) is 4.71. The van der Waals surface area contributed by atoms with Crippen molar-refractivity contribution < 1.29 is 9.21 Å². The van der Waals surface area contributed by atoms with Gasteiger partial charge in [-0.05, 0) is 48.7 Å². The van der Waals surface area contributed by atoms with Crippen LogP contribution in [0.3, 0.4) is 0 Å². The van der Waals surface area contributed by atoms with Gasteiger partial charge in [0.1, 0.15) is 5.69 Å². The Hall–Kier alpha value is -3.40. The normalized spacial score (nSPS) is 10.9. The first-order valence-electron chi connectivity index (χ1n) is 9.01. The lowest BCUT2D eigenvalue weighted by molar-refractivity contribution is 0.102. The molecule has 0 spiro atoms. The fourth-order valence-electron chi connectivity index (χ4n) is 3.30. The second kappa shape index (κ2) is 7.08. The number of nitrogens with one attached hydrogen (secondary N) is 1. The Bertz CT molecular complexity index is 1110. The molecular weight excluding hydrogens is 336 g/mol.